The zero-order chi connectivity index (χ0) is 46.0. The number of fused-ring (bicyclic) bond motifs is 8. The Labute approximate surface area is 389 Å². The lowest BCUT2D eigenvalue weighted by atomic mass is 9.92. The van der Waals surface area contributed by atoms with Crippen molar-refractivity contribution in [2.45, 2.75) is 73.0 Å². The number of H-pyrrole nitrogens is 4. The van der Waals surface area contributed by atoms with Crippen LogP contribution in [0.25, 0.3) is 22.3 Å². The lowest BCUT2D eigenvalue weighted by molar-refractivity contribution is 0.305. The Bertz CT molecular complexity index is 3330. The molecule has 7 heteroatoms. The predicted octanol–water partition coefficient (Wildman–Crippen LogP) is 10.4. The van der Waals surface area contributed by atoms with Crippen LogP contribution in [-0.4, -0.2) is 41.7 Å². The summed E-state index contributed by atoms with van der Waals surface area (Å²) in [5.74, 6) is 5.15. The van der Waals surface area contributed by atoms with Gasteiger partial charge in [-0.3, -0.25) is 0 Å². The first-order valence-corrected chi connectivity index (χ1v) is 26.8. The third-order valence-electron chi connectivity index (χ3n) is 12.4. The summed E-state index contributed by atoms with van der Waals surface area (Å²) >= 11 is 0. The summed E-state index contributed by atoms with van der Waals surface area (Å²) in [6, 6.07) is 47.9. The molecule has 5 heterocycles. The summed E-state index contributed by atoms with van der Waals surface area (Å²) in [5, 5.41) is 4.01. The fourth-order valence-electron chi connectivity index (χ4n) is 9.28. The first kappa shape index (κ1) is 44.1. The average molecular weight is 885 g/mol. The second-order valence-corrected chi connectivity index (χ2v) is 23.4. The van der Waals surface area contributed by atoms with Crippen molar-refractivity contribution in [2.75, 3.05) is 13.7 Å². The first-order valence-electron chi connectivity index (χ1n) is 23.3. The second-order valence-electron chi connectivity index (χ2n) is 18.7. The highest BCUT2D eigenvalue weighted by molar-refractivity contribution is 6.83. The lowest BCUT2D eigenvalue weighted by Crippen LogP contribution is -2.19. The molecular formula is C59H60N4O2Si. The zero-order valence-electron chi connectivity index (χ0n) is 39.6. The van der Waals surface area contributed by atoms with Crippen LogP contribution in [0.1, 0.15) is 99.9 Å². The van der Waals surface area contributed by atoms with Gasteiger partial charge in [0.25, 0.3) is 0 Å². The molecule has 0 atom stereocenters. The van der Waals surface area contributed by atoms with Crippen LogP contribution in [0.3, 0.4) is 0 Å². The van der Waals surface area contributed by atoms with Crippen LogP contribution in [0, 0.1) is 32.2 Å². The molecule has 0 spiro atoms. The fourth-order valence-corrected chi connectivity index (χ4v) is 9.80. The van der Waals surface area contributed by atoms with Gasteiger partial charge in [-0.05, 0) is 146 Å². The maximum atomic E-state index is 6.22. The number of aryl methyl sites for hydroxylation is 3. The first-order chi connectivity index (χ1) is 32.0. The Balaban J connectivity index is 1.33. The molecule has 4 aromatic heterocycles. The predicted molar refractivity (Wildman–Crippen MR) is 275 cm³/mol. The van der Waals surface area contributed by atoms with Crippen LogP contribution < -0.4 is 30.9 Å². The number of aromatic amines is 4. The lowest BCUT2D eigenvalue weighted by Gasteiger charge is -2.15. The van der Waals surface area contributed by atoms with Crippen molar-refractivity contribution in [1.29, 1.82) is 0 Å². The van der Waals surface area contributed by atoms with Gasteiger partial charge in [0.1, 0.15) is 19.6 Å². The van der Waals surface area contributed by atoms with Crippen molar-refractivity contribution < 1.29 is 9.47 Å². The van der Waals surface area contributed by atoms with Crippen molar-refractivity contribution in [1.82, 2.24) is 19.9 Å². The Hall–Kier alpha value is -7.14. The molecule has 0 saturated carbocycles. The number of benzene rings is 4. The summed E-state index contributed by atoms with van der Waals surface area (Å²) in [6.45, 7) is 16.4. The molecule has 8 aromatic rings. The SMILES string of the molecule is CCCCCCOc1ccc(C2=c3ccc([nH]3)=C(c3ccc(C#C[Si](C)(C)C)cc3)c3ccc([nH]3)C(c3c(C)cc(C)cc3C)=c3ccc([nH]3)=C(c3ccc(OC)cc3)c3ccc2[nH]3)cc1. The monoisotopic (exact) mass is 884 g/mol. The van der Waals surface area contributed by atoms with E-state index in [9.17, 15) is 0 Å². The van der Waals surface area contributed by atoms with Gasteiger partial charge in [-0.15, -0.1) is 5.54 Å². The van der Waals surface area contributed by atoms with E-state index < -0.39 is 8.07 Å². The van der Waals surface area contributed by atoms with Crippen LogP contribution in [0.2, 0.25) is 19.6 Å². The summed E-state index contributed by atoms with van der Waals surface area (Å²) in [6.07, 6.45) is 4.67. The number of hydrogen-bond acceptors (Lipinski definition) is 2. The van der Waals surface area contributed by atoms with Gasteiger partial charge in [0.15, 0.2) is 0 Å². The molecule has 8 bridgehead atoms. The molecule has 332 valence electrons. The van der Waals surface area contributed by atoms with Crippen LogP contribution >= 0.6 is 0 Å². The van der Waals surface area contributed by atoms with Gasteiger partial charge in [-0.1, -0.05) is 106 Å². The van der Waals surface area contributed by atoms with E-state index in [2.05, 4.69) is 200 Å². The van der Waals surface area contributed by atoms with E-state index in [4.69, 9.17) is 9.47 Å². The fraction of sp³-hybridized carbons (Fsp3) is 0.220. The molecule has 4 N–H and O–H groups in total. The maximum Gasteiger partial charge on any atom is 0.129 e. The number of ether oxygens (including phenoxy) is 2. The molecule has 0 saturated heterocycles. The van der Waals surface area contributed by atoms with E-state index >= 15 is 0 Å². The molecular weight excluding hydrogens is 825 g/mol. The van der Waals surface area contributed by atoms with Gasteiger partial charge >= 0.3 is 0 Å². The molecule has 66 heavy (non-hydrogen) atoms. The Kier molecular flexibility index (Phi) is 12.5. The summed E-state index contributed by atoms with van der Waals surface area (Å²) < 4.78 is 11.8. The van der Waals surface area contributed by atoms with E-state index in [1.807, 2.05) is 12.1 Å². The third-order valence-corrected chi connectivity index (χ3v) is 13.2. The van der Waals surface area contributed by atoms with Crippen LogP contribution in [0.4, 0.5) is 0 Å². The number of nitrogens with one attached hydrogen (secondary N) is 4. The molecule has 0 aliphatic carbocycles. The number of rotatable bonds is 11. The minimum atomic E-state index is -1.55. The van der Waals surface area contributed by atoms with Gasteiger partial charge < -0.3 is 29.4 Å². The Morgan fingerprint density at radius 3 is 1.38 bits per heavy atom. The van der Waals surface area contributed by atoms with E-state index in [0.29, 0.717) is 0 Å². The van der Waals surface area contributed by atoms with Crippen molar-refractivity contribution in [3.05, 3.63) is 222 Å². The number of methoxy groups -OCH3 is 1. The zero-order valence-corrected chi connectivity index (χ0v) is 40.6. The topological polar surface area (TPSA) is 81.6 Å². The van der Waals surface area contributed by atoms with Gasteiger partial charge in [-0.25, -0.2) is 0 Å². The van der Waals surface area contributed by atoms with Crippen molar-refractivity contribution in [3.63, 3.8) is 0 Å². The minimum Gasteiger partial charge on any atom is -0.497 e. The third kappa shape index (κ3) is 9.33. The van der Waals surface area contributed by atoms with E-state index in [1.165, 1.54) is 41.5 Å². The average Bonchev–Trinajstić information content (AvgIpc) is 4.15. The largest absolute Gasteiger partial charge is 0.497 e. The Morgan fingerprint density at radius 1 is 0.485 bits per heavy atom. The quantitative estimate of drug-likeness (QED) is 0.0593. The highest BCUT2D eigenvalue weighted by atomic mass is 28.3. The Morgan fingerprint density at radius 2 is 0.924 bits per heavy atom. The molecule has 0 fully saturated rings. The molecule has 1 aliphatic rings. The summed E-state index contributed by atoms with van der Waals surface area (Å²) in [7, 11) is 0.159. The maximum absolute atomic E-state index is 6.22. The van der Waals surface area contributed by atoms with E-state index in [-0.39, 0.29) is 0 Å². The highest BCUT2D eigenvalue weighted by Gasteiger charge is 2.20. The summed E-state index contributed by atoms with van der Waals surface area (Å²) in [4.78, 5) is 15.8. The van der Waals surface area contributed by atoms with Gasteiger partial charge in [0.05, 0.1) is 13.7 Å². The molecule has 1 aliphatic heterocycles. The van der Waals surface area contributed by atoms with Crippen LogP contribution in [-0.2, 0) is 0 Å². The second kappa shape index (κ2) is 18.8. The highest BCUT2D eigenvalue weighted by Crippen LogP contribution is 2.31. The van der Waals surface area contributed by atoms with E-state index in [0.717, 1.165) is 113 Å². The molecule has 9 rings (SSSR count). The molecule has 0 unspecified atom stereocenters. The van der Waals surface area contributed by atoms with Crippen molar-refractivity contribution >= 4 is 30.4 Å². The number of aromatic nitrogens is 4. The standard InChI is InChI=1S/C59H60N4O2Si/c1-9-10-11-12-34-65-46-23-19-44(20-24-46)58-49-26-25-47(60-49)56(42-15-13-41(14-16-42)33-35-66(6,7)8)51-29-31-53(62-51)59(55-39(3)36-38(2)37-40(55)4)54-32-30-52(63-54)57(48-27-28-50(58)61-48)43-17-21-45(64-5)22-18-43/h13-32,36-37,60-63H,9-12,34H2,1-8H3. The normalized spacial score (nSPS) is 12.6. The van der Waals surface area contributed by atoms with Crippen LogP contribution in [0.15, 0.2) is 133 Å². The van der Waals surface area contributed by atoms with E-state index in [1.54, 1.807) is 7.11 Å². The van der Waals surface area contributed by atoms with Gasteiger partial charge in [0.2, 0.25) is 0 Å². The molecule has 0 amide bonds. The van der Waals surface area contributed by atoms with Crippen LogP contribution in [0.5, 0.6) is 11.5 Å². The van der Waals surface area contributed by atoms with Crippen molar-refractivity contribution in [2.24, 2.45) is 0 Å². The number of unbranched alkanes of at least 4 members (excludes halogenated alkanes) is 3. The molecule has 4 aromatic carbocycles. The van der Waals surface area contributed by atoms with Crippen molar-refractivity contribution in [3.8, 4) is 23.0 Å². The molecule has 6 nitrogen and oxygen atoms in total. The minimum absolute atomic E-state index is 0.717. The smallest absolute Gasteiger partial charge is 0.129 e. The number of hydrogen-bond donors (Lipinski definition) is 4. The van der Waals surface area contributed by atoms with Gasteiger partial charge in [0, 0.05) is 72.0 Å². The van der Waals surface area contributed by atoms with Gasteiger partial charge in [-0.2, -0.15) is 0 Å². The summed E-state index contributed by atoms with van der Waals surface area (Å²) in [5.41, 5.74) is 21.0. The molecule has 0 radical (unpaired) electrons.